The number of benzene rings is 5. The topological polar surface area (TPSA) is 123 Å². The summed E-state index contributed by atoms with van der Waals surface area (Å²) in [6, 6.07) is 33.8. The van der Waals surface area contributed by atoms with Crippen molar-refractivity contribution in [2.75, 3.05) is 30.6 Å². The Balaban J connectivity index is 1.13. The third-order valence-electron chi connectivity index (χ3n) is 12.8. The number of nitrogens with zero attached hydrogens (tertiary/aromatic N) is 2. The lowest BCUT2D eigenvalue weighted by Gasteiger charge is -2.50. The molecule has 4 amide bonds. The molecular formula is C50H43ClN2O8. The number of hydrogen-bond donors (Lipinski definition) is 1. The van der Waals surface area contributed by atoms with Crippen molar-refractivity contribution in [3.05, 3.63) is 154 Å². The molecule has 2 aliphatic heterocycles. The molecule has 308 valence electrons. The van der Waals surface area contributed by atoms with E-state index < -0.39 is 46.8 Å². The van der Waals surface area contributed by atoms with Crippen LogP contribution in [0, 0.1) is 23.7 Å². The van der Waals surface area contributed by atoms with E-state index in [1.54, 1.807) is 62.8 Å². The van der Waals surface area contributed by atoms with E-state index in [1.165, 1.54) is 15.9 Å². The van der Waals surface area contributed by atoms with E-state index in [0.29, 0.717) is 39.0 Å². The number of phenols is 1. The molecule has 10 nitrogen and oxygen atoms in total. The van der Waals surface area contributed by atoms with Crippen molar-refractivity contribution in [1.29, 1.82) is 0 Å². The number of amides is 4. The van der Waals surface area contributed by atoms with Crippen molar-refractivity contribution in [2.45, 2.75) is 31.1 Å². The van der Waals surface area contributed by atoms with Crippen molar-refractivity contribution in [2.24, 2.45) is 23.7 Å². The predicted molar refractivity (Wildman–Crippen MR) is 233 cm³/mol. The zero-order chi connectivity index (χ0) is 42.6. The van der Waals surface area contributed by atoms with Gasteiger partial charge in [-0.3, -0.25) is 24.1 Å². The van der Waals surface area contributed by atoms with Crippen molar-refractivity contribution >= 4 is 58.8 Å². The van der Waals surface area contributed by atoms with E-state index in [1.807, 2.05) is 85.8 Å². The zero-order valence-corrected chi connectivity index (χ0v) is 34.5. The Hall–Kier alpha value is -6.65. The first-order valence-corrected chi connectivity index (χ1v) is 20.7. The van der Waals surface area contributed by atoms with Gasteiger partial charge in [-0.2, -0.15) is 0 Å². The van der Waals surface area contributed by atoms with E-state index in [0.717, 1.165) is 16.7 Å². The van der Waals surface area contributed by atoms with E-state index >= 15 is 9.59 Å². The number of aromatic hydroxyl groups is 1. The van der Waals surface area contributed by atoms with E-state index in [9.17, 15) is 14.7 Å². The number of ether oxygens (including phenoxy) is 3. The summed E-state index contributed by atoms with van der Waals surface area (Å²) in [5, 5.41) is 11.2. The fraction of sp³-hybridized carbons (Fsp3) is 0.240. The molecule has 2 saturated heterocycles. The van der Waals surface area contributed by atoms with Gasteiger partial charge in [0.15, 0.2) is 11.5 Å². The van der Waals surface area contributed by atoms with Gasteiger partial charge in [0.05, 0.1) is 55.4 Å². The monoisotopic (exact) mass is 834 g/mol. The van der Waals surface area contributed by atoms with Gasteiger partial charge in [-0.05, 0) is 103 Å². The largest absolute Gasteiger partial charge is 0.504 e. The van der Waals surface area contributed by atoms with Crippen molar-refractivity contribution in [3.63, 3.8) is 0 Å². The number of phenolic OH excluding ortho intramolecular Hbond substituents is 1. The maximum Gasteiger partial charge on any atom is 0.246 e. The predicted octanol–water partition coefficient (Wildman–Crippen LogP) is 9.00. The summed E-state index contributed by atoms with van der Waals surface area (Å²) in [6.07, 6.45) is 6.26. The minimum atomic E-state index is -1.46. The third kappa shape index (κ3) is 6.39. The van der Waals surface area contributed by atoms with Gasteiger partial charge >= 0.3 is 0 Å². The van der Waals surface area contributed by atoms with Crippen LogP contribution in [0.3, 0.4) is 0 Å². The second-order valence-electron chi connectivity index (χ2n) is 15.8. The van der Waals surface area contributed by atoms with E-state index in [4.69, 9.17) is 25.8 Å². The smallest absolute Gasteiger partial charge is 0.246 e. The summed E-state index contributed by atoms with van der Waals surface area (Å²) in [5.74, 6) is -3.63. The number of hydrogen-bond acceptors (Lipinski definition) is 8. The Morgan fingerprint density at radius 1 is 0.754 bits per heavy atom. The molecule has 6 atom stereocenters. The molecule has 5 aromatic rings. The second-order valence-corrected chi connectivity index (χ2v) is 16.2. The minimum Gasteiger partial charge on any atom is -0.504 e. The highest BCUT2D eigenvalue weighted by molar-refractivity contribution is 6.32. The van der Waals surface area contributed by atoms with Crippen LogP contribution < -0.4 is 24.0 Å². The molecule has 9 rings (SSSR count). The Morgan fingerprint density at radius 2 is 1.54 bits per heavy atom. The summed E-state index contributed by atoms with van der Waals surface area (Å²) in [4.78, 5) is 62.4. The van der Waals surface area contributed by atoms with Gasteiger partial charge in [-0.15, -0.1) is 0 Å². The maximum atomic E-state index is 15.5. The average molecular weight is 835 g/mol. The summed E-state index contributed by atoms with van der Waals surface area (Å²) in [7, 11) is 3.21. The van der Waals surface area contributed by atoms with Crippen LogP contribution in [0.1, 0.15) is 47.9 Å². The number of halogens is 1. The highest BCUT2D eigenvalue weighted by Crippen LogP contribution is 2.65. The molecule has 61 heavy (non-hydrogen) atoms. The van der Waals surface area contributed by atoms with Crippen LogP contribution in [0.25, 0.3) is 12.2 Å². The SMILES string of the molecule is CCOc1cc(C2C3=CCC4C(=O)N(c5ccc(C=Cc6cc(OC)ccc6OC)cc5)C(=O)C4C3CC3C(=O)N(c4cccc(Cl)c4)C(=O)C32c2ccccc2)ccc1O. The Morgan fingerprint density at radius 3 is 2.26 bits per heavy atom. The Bertz CT molecular complexity index is 2640. The van der Waals surface area contributed by atoms with Gasteiger partial charge in [0.2, 0.25) is 23.6 Å². The van der Waals surface area contributed by atoms with Gasteiger partial charge in [-0.25, -0.2) is 4.90 Å². The Kier molecular flexibility index (Phi) is 10.3. The molecule has 0 spiro atoms. The van der Waals surface area contributed by atoms with Crippen LogP contribution in [0.4, 0.5) is 11.4 Å². The molecule has 0 bridgehead atoms. The van der Waals surface area contributed by atoms with Gasteiger partial charge in [0.25, 0.3) is 0 Å². The number of carbonyl (C=O) groups excluding carboxylic acids is 4. The van der Waals surface area contributed by atoms with Gasteiger partial charge < -0.3 is 19.3 Å². The molecule has 6 unspecified atom stereocenters. The van der Waals surface area contributed by atoms with E-state index in [-0.39, 0.29) is 42.8 Å². The molecule has 5 aromatic carbocycles. The second kappa shape index (κ2) is 15.7. The van der Waals surface area contributed by atoms with Crippen molar-refractivity contribution in [3.8, 4) is 23.0 Å². The van der Waals surface area contributed by atoms with Crippen LogP contribution in [0.2, 0.25) is 5.02 Å². The van der Waals surface area contributed by atoms with Crippen molar-refractivity contribution in [1.82, 2.24) is 0 Å². The fourth-order valence-corrected chi connectivity index (χ4v) is 10.4. The number of methoxy groups -OCH3 is 2. The molecular weight excluding hydrogens is 792 g/mol. The van der Waals surface area contributed by atoms with Gasteiger partial charge in [0.1, 0.15) is 11.5 Å². The quantitative estimate of drug-likeness (QED) is 0.0841. The number of anilines is 2. The number of allylic oxidation sites excluding steroid dienone is 2. The minimum absolute atomic E-state index is 0.0657. The molecule has 0 aromatic heterocycles. The number of rotatable bonds is 10. The standard InChI is InChI=1S/C50H43ClN2O8/c1-4-61-43-26-31(17-23-41(43)54)45-37-21-22-38-44(48(57)52(46(38)55)34-18-14-29(15-19-34)13-16-30-25-36(59-2)20-24-42(30)60-3)39(37)28-40-47(56)53(35-12-8-11-33(51)27-35)49(58)50(40,45)32-9-6-5-7-10-32/h5-21,23-27,38-40,44-45,54H,4,22,28H2,1-3H3. The van der Waals surface area contributed by atoms with Crippen LogP contribution in [-0.2, 0) is 24.6 Å². The molecule has 1 N–H and O–H groups in total. The first-order chi connectivity index (χ1) is 29.6. The van der Waals surface area contributed by atoms with Crippen LogP contribution in [0.5, 0.6) is 23.0 Å². The van der Waals surface area contributed by atoms with Gasteiger partial charge in [-0.1, -0.05) is 90.0 Å². The van der Waals surface area contributed by atoms with E-state index in [2.05, 4.69) is 0 Å². The molecule has 0 radical (unpaired) electrons. The highest BCUT2D eigenvalue weighted by Gasteiger charge is 2.70. The zero-order valence-electron chi connectivity index (χ0n) is 33.8. The van der Waals surface area contributed by atoms with Crippen LogP contribution in [0.15, 0.2) is 127 Å². The number of carbonyl (C=O) groups is 4. The molecule has 4 aliphatic rings. The summed E-state index contributed by atoms with van der Waals surface area (Å²) >= 11 is 6.45. The molecule has 2 aliphatic carbocycles. The number of fused-ring (bicyclic) bond motifs is 4. The molecule has 1 saturated carbocycles. The third-order valence-corrected chi connectivity index (χ3v) is 13.1. The molecule has 11 heteroatoms. The molecule has 3 fully saturated rings. The average Bonchev–Trinajstić information content (AvgIpc) is 3.67. The van der Waals surface area contributed by atoms with Gasteiger partial charge in [0, 0.05) is 16.5 Å². The normalized spacial score (nSPS) is 24.4. The maximum absolute atomic E-state index is 15.5. The fourth-order valence-electron chi connectivity index (χ4n) is 10.2. The number of imide groups is 2. The summed E-state index contributed by atoms with van der Waals surface area (Å²) < 4.78 is 16.8. The first kappa shape index (κ1) is 39.8. The lowest BCUT2D eigenvalue weighted by molar-refractivity contribution is -0.127. The Labute approximate surface area is 358 Å². The van der Waals surface area contributed by atoms with Crippen LogP contribution >= 0.6 is 11.6 Å². The summed E-state index contributed by atoms with van der Waals surface area (Å²) in [6.45, 7) is 2.10. The summed E-state index contributed by atoms with van der Waals surface area (Å²) in [5.41, 5.74) is 3.10. The lowest BCUT2D eigenvalue weighted by atomic mass is 9.49. The van der Waals surface area contributed by atoms with Crippen molar-refractivity contribution < 1.29 is 38.5 Å². The van der Waals surface area contributed by atoms with Crippen LogP contribution in [-0.4, -0.2) is 49.6 Å². The lowest BCUT2D eigenvalue weighted by Crippen LogP contribution is -2.53. The first-order valence-electron chi connectivity index (χ1n) is 20.3. The molecule has 2 heterocycles. The highest BCUT2D eigenvalue weighted by atomic mass is 35.5.